The molecule has 0 unspecified atom stereocenters. The average Bonchev–Trinajstić information content (AvgIpc) is 2.16. The molecule has 0 aliphatic carbocycles. The van der Waals surface area contributed by atoms with E-state index >= 15 is 0 Å². The van der Waals surface area contributed by atoms with Crippen molar-refractivity contribution in [1.82, 2.24) is 9.97 Å². The maximum Gasteiger partial charge on any atom is 0.347 e. The minimum absolute atomic E-state index is 0.0162. The lowest BCUT2D eigenvalue weighted by molar-refractivity contribution is -0.384. The summed E-state index contributed by atoms with van der Waals surface area (Å²) in [5, 5.41) is 10.9. The molecular formula is C8H6N4O3. The number of fused-ring (bicyclic) bond motifs is 1. The lowest BCUT2D eigenvalue weighted by Crippen LogP contribution is -2.12. The second kappa shape index (κ2) is 3.05. The van der Waals surface area contributed by atoms with E-state index in [9.17, 15) is 14.9 Å². The molecule has 0 amide bonds. The van der Waals surface area contributed by atoms with Crippen molar-refractivity contribution in [2.45, 2.75) is 0 Å². The number of rotatable bonds is 1. The van der Waals surface area contributed by atoms with Crippen LogP contribution in [0.4, 0.5) is 11.5 Å². The van der Waals surface area contributed by atoms with E-state index in [0.29, 0.717) is 10.9 Å². The highest BCUT2D eigenvalue weighted by atomic mass is 16.6. The van der Waals surface area contributed by atoms with Crippen molar-refractivity contribution in [2.75, 3.05) is 5.73 Å². The number of aromatic amines is 1. The van der Waals surface area contributed by atoms with Crippen LogP contribution in [-0.4, -0.2) is 14.9 Å². The zero-order chi connectivity index (χ0) is 11.0. The van der Waals surface area contributed by atoms with Gasteiger partial charge in [0.2, 0.25) is 0 Å². The van der Waals surface area contributed by atoms with Gasteiger partial charge in [0, 0.05) is 17.5 Å². The zero-order valence-electron chi connectivity index (χ0n) is 7.43. The van der Waals surface area contributed by atoms with E-state index in [4.69, 9.17) is 5.73 Å². The van der Waals surface area contributed by atoms with Crippen LogP contribution in [-0.2, 0) is 0 Å². The molecule has 0 aliphatic rings. The molecule has 0 atom stereocenters. The second-order valence-corrected chi connectivity index (χ2v) is 2.91. The maximum absolute atomic E-state index is 10.9. The van der Waals surface area contributed by atoms with E-state index < -0.39 is 10.6 Å². The number of nitrogens with zero attached hydrogens (tertiary/aromatic N) is 2. The normalized spacial score (nSPS) is 10.4. The van der Waals surface area contributed by atoms with Gasteiger partial charge in [0.15, 0.2) is 0 Å². The number of nitro benzene ring substituents is 1. The second-order valence-electron chi connectivity index (χ2n) is 2.91. The third-order valence-electron chi connectivity index (χ3n) is 1.95. The summed E-state index contributed by atoms with van der Waals surface area (Å²) >= 11 is 0. The number of hydrogen-bond acceptors (Lipinski definition) is 5. The Kier molecular flexibility index (Phi) is 1.86. The number of H-pyrrole nitrogens is 1. The molecular weight excluding hydrogens is 200 g/mol. The molecule has 0 spiro atoms. The summed E-state index contributed by atoms with van der Waals surface area (Å²) in [6, 6.07) is 3.98. The maximum atomic E-state index is 10.9. The van der Waals surface area contributed by atoms with E-state index in [1.165, 1.54) is 18.2 Å². The van der Waals surface area contributed by atoms with Gasteiger partial charge in [-0.1, -0.05) is 0 Å². The molecule has 1 aromatic heterocycles. The van der Waals surface area contributed by atoms with Gasteiger partial charge in [0.25, 0.3) is 5.69 Å². The van der Waals surface area contributed by atoms with Gasteiger partial charge in [-0.3, -0.25) is 10.1 Å². The standard InChI is InChI=1S/C8H6N4O3/c9-7-5-3-4(12(14)15)1-2-6(5)10-8(13)11-7/h1-3H,(H3,9,10,11,13). The van der Waals surface area contributed by atoms with Gasteiger partial charge in [0.05, 0.1) is 10.4 Å². The first-order chi connectivity index (χ1) is 7.08. The minimum atomic E-state index is -0.575. The summed E-state index contributed by atoms with van der Waals surface area (Å²) in [5.74, 6) is -0.0162. The Morgan fingerprint density at radius 3 is 2.87 bits per heavy atom. The van der Waals surface area contributed by atoms with Crippen molar-refractivity contribution in [3.8, 4) is 0 Å². The van der Waals surface area contributed by atoms with Crippen LogP contribution in [0, 0.1) is 10.1 Å². The molecule has 2 rings (SSSR count). The van der Waals surface area contributed by atoms with Crippen LogP contribution in [0.1, 0.15) is 0 Å². The molecule has 7 nitrogen and oxygen atoms in total. The van der Waals surface area contributed by atoms with Crippen LogP contribution in [0.3, 0.4) is 0 Å². The predicted octanol–water partition coefficient (Wildman–Crippen LogP) is 0.414. The Bertz CT molecular complexity index is 604. The van der Waals surface area contributed by atoms with Crippen LogP contribution in [0.2, 0.25) is 0 Å². The Hall–Kier alpha value is -2.44. The smallest absolute Gasteiger partial charge is 0.347 e. The van der Waals surface area contributed by atoms with Gasteiger partial charge in [-0.2, -0.15) is 4.98 Å². The number of nitrogen functional groups attached to an aromatic ring is 1. The Morgan fingerprint density at radius 1 is 1.47 bits per heavy atom. The number of hydrogen-bond donors (Lipinski definition) is 2. The largest absolute Gasteiger partial charge is 0.383 e. The predicted molar refractivity (Wildman–Crippen MR) is 53.4 cm³/mol. The SMILES string of the molecule is Nc1nc(=O)[nH]c2ccc([N+](=O)[O-])cc12. The molecule has 1 heterocycles. The van der Waals surface area contributed by atoms with Crippen LogP contribution < -0.4 is 11.4 Å². The fraction of sp³-hybridized carbons (Fsp3) is 0. The number of nitrogens with two attached hydrogens (primary N) is 1. The first kappa shape index (κ1) is 9.13. The van der Waals surface area contributed by atoms with Gasteiger partial charge in [-0.15, -0.1) is 0 Å². The highest BCUT2D eigenvalue weighted by molar-refractivity contribution is 5.89. The lowest BCUT2D eigenvalue weighted by atomic mass is 10.2. The van der Waals surface area contributed by atoms with E-state index in [2.05, 4.69) is 9.97 Å². The molecule has 0 saturated carbocycles. The monoisotopic (exact) mass is 206 g/mol. The Morgan fingerprint density at radius 2 is 2.20 bits per heavy atom. The quantitative estimate of drug-likeness (QED) is 0.518. The zero-order valence-corrected chi connectivity index (χ0v) is 7.43. The molecule has 0 bridgehead atoms. The highest BCUT2D eigenvalue weighted by Gasteiger charge is 2.09. The first-order valence-corrected chi connectivity index (χ1v) is 4.02. The van der Waals surface area contributed by atoms with Gasteiger partial charge in [-0.05, 0) is 6.07 Å². The molecule has 15 heavy (non-hydrogen) atoms. The van der Waals surface area contributed by atoms with Crippen LogP contribution in [0.25, 0.3) is 10.9 Å². The van der Waals surface area contributed by atoms with Gasteiger partial charge < -0.3 is 10.7 Å². The molecule has 7 heteroatoms. The minimum Gasteiger partial charge on any atom is -0.383 e. The topological polar surface area (TPSA) is 115 Å². The van der Waals surface area contributed by atoms with E-state index in [1.807, 2.05) is 0 Å². The van der Waals surface area contributed by atoms with Crippen LogP contribution >= 0.6 is 0 Å². The van der Waals surface area contributed by atoms with E-state index in [0.717, 1.165) is 0 Å². The van der Waals surface area contributed by atoms with Gasteiger partial charge in [-0.25, -0.2) is 4.79 Å². The fourth-order valence-corrected chi connectivity index (χ4v) is 1.28. The van der Waals surface area contributed by atoms with Crippen molar-refractivity contribution in [2.24, 2.45) is 0 Å². The average molecular weight is 206 g/mol. The molecule has 3 N–H and O–H groups in total. The Balaban J connectivity index is 2.82. The molecule has 1 aromatic carbocycles. The summed E-state index contributed by atoms with van der Waals surface area (Å²) < 4.78 is 0. The summed E-state index contributed by atoms with van der Waals surface area (Å²) in [5.41, 5.74) is 5.23. The van der Waals surface area contributed by atoms with Gasteiger partial charge >= 0.3 is 5.69 Å². The number of nitro groups is 1. The van der Waals surface area contributed by atoms with E-state index in [1.54, 1.807) is 0 Å². The molecule has 0 radical (unpaired) electrons. The Labute approximate surface area is 82.7 Å². The fourth-order valence-electron chi connectivity index (χ4n) is 1.28. The molecule has 76 valence electrons. The summed E-state index contributed by atoms with van der Waals surface area (Å²) in [7, 11) is 0. The number of nitrogens with one attached hydrogen (secondary N) is 1. The number of anilines is 1. The molecule has 0 fully saturated rings. The molecule has 0 saturated heterocycles. The van der Waals surface area contributed by atoms with Crippen molar-refractivity contribution in [3.63, 3.8) is 0 Å². The van der Waals surface area contributed by atoms with Crippen molar-refractivity contribution < 1.29 is 4.92 Å². The van der Waals surface area contributed by atoms with Crippen molar-refractivity contribution in [3.05, 3.63) is 38.8 Å². The summed E-state index contributed by atoms with van der Waals surface area (Å²) in [6.45, 7) is 0. The van der Waals surface area contributed by atoms with Crippen molar-refractivity contribution >= 4 is 22.4 Å². The number of aromatic nitrogens is 2. The van der Waals surface area contributed by atoms with E-state index in [-0.39, 0.29) is 11.5 Å². The first-order valence-electron chi connectivity index (χ1n) is 4.02. The highest BCUT2D eigenvalue weighted by Crippen LogP contribution is 2.21. The number of benzene rings is 1. The third-order valence-corrected chi connectivity index (χ3v) is 1.95. The molecule has 2 aromatic rings. The number of non-ortho nitro benzene ring substituents is 1. The summed E-state index contributed by atoms with van der Waals surface area (Å²) in [6.07, 6.45) is 0. The van der Waals surface area contributed by atoms with Crippen LogP contribution in [0.5, 0.6) is 0 Å². The summed E-state index contributed by atoms with van der Waals surface area (Å²) in [4.78, 5) is 26.8. The molecule has 0 aliphatic heterocycles. The van der Waals surface area contributed by atoms with Crippen LogP contribution in [0.15, 0.2) is 23.0 Å². The third kappa shape index (κ3) is 1.50. The van der Waals surface area contributed by atoms with Crippen molar-refractivity contribution in [1.29, 1.82) is 0 Å². The van der Waals surface area contributed by atoms with Gasteiger partial charge in [0.1, 0.15) is 5.82 Å². The lowest BCUT2D eigenvalue weighted by Gasteiger charge is -1.99.